The van der Waals surface area contributed by atoms with Gasteiger partial charge in [0.25, 0.3) is 0 Å². The summed E-state index contributed by atoms with van der Waals surface area (Å²) in [4.78, 5) is 10.7. The van der Waals surface area contributed by atoms with E-state index in [0.717, 1.165) is 0 Å². The molecule has 0 N–H and O–H groups in total. The Bertz CT molecular complexity index is 387. The van der Waals surface area contributed by atoms with Gasteiger partial charge in [-0.1, -0.05) is 0 Å². The summed E-state index contributed by atoms with van der Waals surface area (Å²) < 4.78 is 23.8. The first-order valence-electron chi connectivity index (χ1n) is 4.28. The van der Waals surface area contributed by atoms with E-state index in [1.807, 2.05) is 0 Å². The lowest BCUT2D eigenvalue weighted by atomic mass is 10.1. The third-order valence-corrected chi connectivity index (χ3v) is 2.09. The van der Waals surface area contributed by atoms with Crippen LogP contribution < -0.4 is 9.47 Å². The molecule has 0 radical (unpaired) electrons. The minimum absolute atomic E-state index is 0.0540. The Morgan fingerprint density at radius 3 is 2.64 bits per heavy atom. The molecule has 74 valence electrons. The van der Waals surface area contributed by atoms with Crippen LogP contribution >= 0.6 is 0 Å². The highest BCUT2D eigenvalue weighted by Crippen LogP contribution is 2.37. The third-order valence-electron chi connectivity index (χ3n) is 2.09. The number of rotatable bonds is 1. The van der Waals surface area contributed by atoms with E-state index in [1.165, 1.54) is 6.07 Å². The second kappa shape index (κ2) is 3.29. The molecular weight excluding hydrogens is 187 g/mol. The predicted octanol–water partition coefficient (Wildman–Crippen LogP) is 1.72. The van der Waals surface area contributed by atoms with E-state index in [9.17, 15) is 9.18 Å². The fourth-order valence-corrected chi connectivity index (χ4v) is 1.42. The Hall–Kier alpha value is -1.58. The van der Waals surface area contributed by atoms with Crippen molar-refractivity contribution in [3.63, 3.8) is 0 Å². The lowest BCUT2D eigenvalue weighted by Gasteiger charge is -2.20. The molecule has 3 nitrogen and oxygen atoms in total. The molecule has 0 aromatic heterocycles. The molecule has 14 heavy (non-hydrogen) atoms. The molecule has 1 aromatic carbocycles. The van der Waals surface area contributed by atoms with E-state index in [2.05, 4.69) is 0 Å². The van der Waals surface area contributed by atoms with Crippen LogP contribution in [0.3, 0.4) is 0 Å². The second-order valence-electron chi connectivity index (χ2n) is 3.07. The van der Waals surface area contributed by atoms with Gasteiger partial charge in [0.05, 0.1) is 5.56 Å². The lowest BCUT2D eigenvalue weighted by molar-refractivity contribution is 0.111. The standard InChI is InChI=1S/C10H9FO3/c1-6-4-7(5-12)9-10(8(6)11)14-3-2-13-9/h4-5H,2-3H2,1H3. The van der Waals surface area contributed by atoms with Crippen molar-refractivity contribution in [3.05, 3.63) is 23.0 Å². The summed E-state index contributed by atoms with van der Waals surface area (Å²) in [7, 11) is 0. The maximum Gasteiger partial charge on any atom is 0.198 e. The molecule has 0 fully saturated rings. The number of ether oxygens (including phenoxy) is 2. The Morgan fingerprint density at radius 1 is 1.36 bits per heavy atom. The minimum atomic E-state index is -0.453. The van der Waals surface area contributed by atoms with Gasteiger partial charge in [-0.05, 0) is 18.6 Å². The van der Waals surface area contributed by atoms with Crippen LogP contribution in [0.15, 0.2) is 6.07 Å². The number of aldehydes is 1. The summed E-state index contributed by atoms with van der Waals surface area (Å²) in [6, 6.07) is 1.45. The van der Waals surface area contributed by atoms with Crippen LogP contribution in [-0.2, 0) is 0 Å². The monoisotopic (exact) mass is 196 g/mol. The van der Waals surface area contributed by atoms with Crippen molar-refractivity contribution in [2.24, 2.45) is 0 Å². The van der Waals surface area contributed by atoms with Crippen molar-refractivity contribution in [1.29, 1.82) is 0 Å². The van der Waals surface area contributed by atoms with Gasteiger partial charge in [0, 0.05) is 0 Å². The van der Waals surface area contributed by atoms with Crippen LogP contribution in [0, 0.1) is 12.7 Å². The molecule has 1 heterocycles. The first kappa shape index (κ1) is 8.99. The van der Waals surface area contributed by atoms with Crippen LogP contribution in [-0.4, -0.2) is 19.5 Å². The van der Waals surface area contributed by atoms with E-state index in [0.29, 0.717) is 30.6 Å². The number of halogens is 1. The Kier molecular flexibility index (Phi) is 2.11. The Balaban J connectivity index is 2.66. The van der Waals surface area contributed by atoms with E-state index in [1.54, 1.807) is 6.92 Å². The third kappa shape index (κ3) is 1.23. The highest BCUT2D eigenvalue weighted by atomic mass is 19.1. The quantitative estimate of drug-likeness (QED) is 0.641. The molecule has 0 aliphatic carbocycles. The zero-order valence-corrected chi connectivity index (χ0v) is 7.67. The molecule has 0 saturated heterocycles. The molecule has 1 aliphatic heterocycles. The number of carbonyl (C=O) groups is 1. The summed E-state index contributed by atoms with van der Waals surface area (Å²) in [6.07, 6.45) is 0.639. The van der Waals surface area contributed by atoms with Crippen molar-refractivity contribution in [2.75, 3.05) is 13.2 Å². The highest BCUT2D eigenvalue weighted by molar-refractivity contribution is 5.82. The number of aryl methyl sites for hydroxylation is 1. The molecular formula is C10H9FO3. The summed E-state index contributed by atoms with van der Waals surface area (Å²) in [5.74, 6) is -0.182. The highest BCUT2D eigenvalue weighted by Gasteiger charge is 2.22. The molecule has 2 rings (SSSR count). The fourth-order valence-electron chi connectivity index (χ4n) is 1.42. The van der Waals surface area contributed by atoms with E-state index in [-0.39, 0.29) is 11.5 Å². The number of hydrogen-bond acceptors (Lipinski definition) is 3. The van der Waals surface area contributed by atoms with Crippen LogP contribution in [0.5, 0.6) is 11.5 Å². The van der Waals surface area contributed by atoms with Gasteiger partial charge in [0.2, 0.25) is 0 Å². The average Bonchev–Trinajstić information content (AvgIpc) is 2.23. The second-order valence-corrected chi connectivity index (χ2v) is 3.07. The van der Waals surface area contributed by atoms with Crippen LogP contribution in [0.1, 0.15) is 15.9 Å². The average molecular weight is 196 g/mol. The molecule has 0 unspecified atom stereocenters. The van der Waals surface area contributed by atoms with E-state index < -0.39 is 5.82 Å². The number of benzene rings is 1. The number of fused-ring (bicyclic) bond motifs is 1. The first-order valence-corrected chi connectivity index (χ1v) is 4.28. The number of carbonyl (C=O) groups excluding carboxylic acids is 1. The van der Waals surface area contributed by atoms with Crippen molar-refractivity contribution < 1.29 is 18.7 Å². The van der Waals surface area contributed by atoms with Gasteiger partial charge in [0.15, 0.2) is 23.6 Å². The van der Waals surface area contributed by atoms with Gasteiger partial charge in [-0.2, -0.15) is 0 Å². The molecule has 0 atom stereocenters. The van der Waals surface area contributed by atoms with Gasteiger partial charge in [-0.3, -0.25) is 4.79 Å². The van der Waals surface area contributed by atoms with Gasteiger partial charge < -0.3 is 9.47 Å². The van der Waals surface area contributed by atoms with Crippen molar-refractivity contribution >= 4 is 6.29 Å². The summed E-state index contributed by atoms with van der Waals surface area (Å²) in [6.45, 7) is 2.24. The lowest BCUT2D eigenvalue weighted by Crippen LogP contribution is -2.18. The van der Waals surface area contributed by atoms with Gasteiger partial charge in [-0.15, -0.1) is 0 Å². The van der Waals surface area contributed by atoms with Crippen LogP contribution in [0.4, 0.5) is 4.39 Å². The zero-order chi connectivity index (χ0) is 10.1. The van der Waals surface area contributed by atoms with E-state index in [4.69, 9.17) is 9.47 Å². The molecule has 0 saturated carbocycles. The van der Waals surface area contributed by atoms with Crippen molar-refractivity contribution in [1.82, 2.24) is 0 Å². The Morgan fingerprint density at radius 2 is 2.00 bits per heavy atom. The predicted molar refractivity (Wildman–Crippen MR) is 47.5 cm³/mol. The first-order chi connectivity index (χ1) is 6.74. The van der Waals surface area contributed by atoms with Crippen molar-refractivity contribution in [3.8, 4) is 11.5 Å². The smallest absolute Gasteiger partial charge is 0.198 e. The summed E-state index contributed by atoms with van der Waals surface area (Å²) in [5.41, 5.74) is 0.718. The summed E-state index contributed by atoms with van der Waals surface area (Å²) in [5, 5.41) is 0. The van der Waals surface area contributed by atoms with E-state index >= 15 is 0 Å². The van der Waals surface area contributed by atoms with Gasteiger partial charge in [-0.25, -0.2) is 4.39 Å². The molecule has 1 aliphatic rings. The maximum absolute atomic E-state index is 13.5. The largest absolute Gasteiger partial charge is 0.485 e. The summed E-state index contributed by atoms with van der Waals surface area (Å²) >= 11 is 0. The zero-order valence-electron chi connectivity index (χ0n) is 7.67. The number of hydrogen-bond donors (Lipinski definition) is 0. The van der Waals surface area contributed by atoms with Gasteiger partial charge >= 0.3 is 0 Å². The maximum atomic E-state index is 13.5. The minimum Gasteiger partial charge on any atom is -0.485 e. The SMILES string of the molecule is Cc1cc(C=O)c2c(c1F)OCCO2. The van der Waals surface area contributed by atoms with Crippen LogP contribution in [0.2, 0.25) is 0 Å². The fraction of sp³-hybridized carbons (Fsp3) is 0.300. The van der Waals surface area contributed by atoms with Gasteiger partial charge in [0.1, 0.15) is 13.2 Å². The molecule has 1 aromatic rings. The molecule has 0 spiro atoms. The van der Waals surface area contributed by atoms with Crippen molar-refractivity contribution in [2.45, 2.75) is 6.92 Å². The topological polar surface area (TPSA) is 35.5 Å². The van der Waals surface area contributed by atoms with Crippen LogP contribution in [0.25, 0.3) is 0 Å². The molecule has 4 heteroatoms. The molecule has 0 amide bonds. The molecule has 0 bridgehead atoms. The normalized spacial score (nSPS) is 13.9. The Labute approximate surface area is 80.4 Å².